The number of carbonyl (C=O) groups excluding carboxylic acids is 2. The lowest BCUT2D eigenvalue weighted by Gasteiger charge is -2.25. The number of hydrogen-bond acceptors (Lipinski definition) is 3. The number of rotatable bonds is 4. The molecule has 1 atom stereocenters. The molecular weight excluding hydrogens is 304 g/mol. The van der Waals surface area contributed by atoms with E-state index in [0.717, 1.165) is 22.5 Å². The van der Waals surface area contributed by atoms with Gasteiger partial charge in [-0.25, -0.2) is 4.79 Å². The van der Waals surface area contributed by atoms with E-state index in [9.17, 15) is 9.59 Å². The van der Waals surface area contributed by atoms with Crippen LogP contribution in [0.1, 0.15) is 29.2 Å². The molecule has 0 saturated carbocycles. The van der Waals surface area contributed by atoms with Crippen molar-refractivity contribution in [2.45, 2.75) is 25.8 Å². The smallest absolute Gasteiger partial charge is 0.315 e. The van der Waals surface area contributed by atoms with Crippen LogP contribution in [0.2, 0.25) is 0 Å². The number of nitrogens with zero attached hydrogens (tertiary/aromatic N) is 1. The van der Waals surface area contributed by atoms with Crippen LogP contribution in [-0.2, 0) is 11.3 Å². The van der Waals surface area contributed by atoms with E-state index in [-0.39, 0.29) is 17.9 Å². The lowest BCUT2D eigenvalue weighted by Crippen LogP contribution is -2.39. The van der Waals surface area contributed by atoms with E-state index in [0.29, 0.717) is 19.5 Å². The molecule has 2 heterocycles. The minimum atomic E-state index is -0.261. The van der Waals surface area contributed by atoms with Gasteiger partial charge in [0.15, 0.2) is 0 Å². The van der Waals surface area contributed by atoms with Crippen molar-refractivity contribution in [3.63, 3.8) is 0 Å². The topological polar surface area (TPSA) is 83.1 Å². The summed E-state index contributed by atoms with van der Waals surface area (Å²) < 4.78 is 0. The van der Waals surface area contributed by atoms with Crippen molar-refractivity contribution in [2.75, 3.05) is 11.9 Å². The van der Waals surface area contributed by atoms with Gasteiger partial charge in [-0.2, -0.15) is 0 Å². The molecule has 1 aliphatic heterocycles. The Morgan fingerprint density at radius 3 is 2.92 bits per heavy atom. The van der Waals surface area contributed by atoms with Gasteiger partial charge in [0.05, 0.1) is 12.2 Å². The van der Waals surface area contributed by atoms with Crippen molar-refractivity contribution in [3.8, 4) is 0 Å². The van der Waals surface area contributed by atoms with Crippen molar-refractivity contribution < 1.29 is 9.59 Å². The highest BCUT2D eigenvalue weighted by Crippen LogP contribution is 2.31. The molecule has 3 amide bonds. The highest BCUT2D eigenvalue weighted by Gasteiger charge is 2.24. The fourth-order valence-electron chi connectivity index (χ4n) is 2.83. The molecule has 0 aliphatic carbocycles. The number of aryl methyl sites for hydroxylation is 1. The second-order valence-corrected chi connectivity index (χ2v) is 5.87. The number of aromatic nitrogens is 1. The number of para-hydroxylation sites is 1. The number of nitrogens with one attached hydrogen (secondary N) is 3. The fraction of sp³-hybridized carbons (Fsp3) is 0.278. The number of benzene rings is 1. The van der Waals surface area contributed by atoms with Crippen LogP contribution in [0.3, 0.4) is 0 Å². The molecule has 24 heavy (non-hydrogen) atoms. The van der Waals surface area contributed by atoms with Gasteiger partial charge in [0.25, 0.3) is 0 Å². The molecule has 0 saturated heterocycles. The fourth-order valence-corrected chi connectivity index (χ4v) is 2.83. The molecule has 3 N–H and O–H groups in total. The third kappa shape index (κ3) is 3.71. The van der Waals surface area contributed by atoms with Crippen LogP contribution in [-0.4, -0.2) is 23.5 Å². The molecule has 6 nitrogen and oxygen atoms in total. The molecule has 0 unspecified atom stereocenters. The Kier molecular flexibility index (Phi) is 4.74. The standard InChI is InChI=1S/C18H20N4O2/c1-12-5-4-8-19-16(12)11-21-18(24)20-10-13-9-17(23)22-15-7-3-2-6-14(13)15/h2-8,13H,9-11H2,1H3,(H,22,23)(H2,20,21,24)/t13-/m1/s1. The van der Waals surface area contributed by atoms with Crippen LogP contribution in [0.4, 0.5) is 10.5 Å². The molecule has 0 fully saturated rings. The van der Waals surface area contributed by atoms with E-state index in [1.54, 1.807) is 6.20 Å². The largest absolute Gasteiger partial charge is 0.338 e. The van der Waals surface area contributed by atoms with Gasteiger partial charge in [0.1, 0.15) is 0 Å². The first-order chi connectivity index (χ1) is 11.6. The SMILES string of the molecule is Cc1cccnc1CNC(=O)NC[C@H]1CC(=O)Nc2ccccc21. The molecule has 1 aromatic carbocycles. The molecule has 1 aromatic heterocycles. The molecule has 0 spiro atoms. The third-order valence-electron chi connectivity index (χ3n) is 4.15. The summed E-state index contributed by atoms with van der Waals surface area (Å²) in [6.45, 7) is 2.75. The Balaban J connectivity index is 1.55. The van der Waals surface area contributed by atoms with E-state index in [4.69, 9.17) is 0 Å². The van der Waals surface area contributed by atoms with E-state index in [1.165, 1.54) is 0 Å². The van der Waals surface area contributed by atoms with Gasteiger partial charge in [-0.05, 0) is 30.2 Å². The second kappa shape index (κ2) is 7.12. The van der Waals surface area contributed by atoms with E-state index >= 15 is 0 Å². The Morgan fingerprint density at radius 1 is 1.25 bits per heavy atom. The Morgan fingerprint density at radius 2 is 2.08 bits per heavy atom. The maximum Gasteiger partial charge on any atom is 0.315 e. The zero-order chi connectivity index (χ0) is 16.9. The number of anilines is 1. The van der Waals surface area contributed by atoms with Crippen molar-refractivity contribution in [3.05, 3.63) is 59.4 Å². The lowest BCUT2D eigenvalue weighted by atomic mass is 9.90. The second-order valence-electron chi connectivity index (χ2n) is 5.87. The van der Waals surface area contributed by atoms with Crippen LogP contribution in [0.25, 0.3) is 0 Å². The van der Waals surface area contributed by atoms with E-state index in [1.807, 2.05) is 43.3 Å². The van der Waals surface area contributed by atoms with Gasteiger partial charge in [-0.3, -0.25) is 9.78 Å². The van der Waals surface area contributed by atoms with Crippen molar-refractivity contribution in [2.24, 2.45) is 0 Å². The quantitative estimate of drug-likeness (QED) is 0.807. The third-order valence-corrected chi connectivity index (χ3v) is 4.15. The van der Waals surface area contributed by atoms with Crippen molar-refractivity contribution >= 4 is 17.6 Å². The summed E-state index contributed by atoms with van der Waals surface area (Å²) in [5.74, 6) is -0.0395. The number of amides is 3. The van der Waals surface area contributed by atoms with Crippen LogP contribution >= 0.6 is 0 Å². The van der Waals surface area contributed by atoms with Crippen LogP contribution in [0.5, 0.6) is 0 Å². The summed E-state index contributed by atoms with van der Waals surface area (Å²) in [5.41, 5.74) is 3.76. The normalized spacial score (nSPS) is 16.0. The van der Waals surface area contributed by atoms with Gasteiger partial charge in [-0.1, -0.05) is 24.3 Å². The average Bonchev–Trinajstić information content (AvgIpc) is 2.58. The maximum absolute atomic E-state index is 12.0. The molecule has 3 rings (SSSR count). The molecule has 1 aliphatic rings. The van der Waals surface area contributed by atoms with E-state index in [2.05, 4.69) is 20.9 Å². The summed E-state index contributed by atoms with van der Waals surface area (Å²) in [6, 6.07) is 11.2. The van der Waals surface area contributed by atoms with Gasteiger partial charge in [0.2, 0.25) is 5.91 Å². The highest BCUT2D eigenvalue weighted by molar-refractivity contribution is 5.94. The molecule has 2 aromatic rings. The first-order valence-corrected chi connectivity index (χ1v) is 7.94. The summed E-state index contributed by atoms with van der Waals surface area (Å²) in [6.07, 6.45) is 2.08. The zero-order valence-corrected chi connectivity index (χ0v) is 13.5. The number of pyridine rings is 1. The summed E-state index contributed by atoms with van der Waals surface area (Å²) >= 11 is 0. The van der Waals surface area contributed by atoms with Gasteiger partial charge >= 0.3 is 6.03 Å². The van der Waals surface area contributed by atoms with Crippen molar-refractivity contribution in [1.82, 2.24) is 15.6 Å². The molecule has 0 bridgehead atoms. The minimum absolute atomic E-state index is 0.0164. The van der Waals surface area contributed by atoms with Crippen molar-refractivity contribution in [1.29, 1.82) is 0 Å². The molecular formula is C18H20N4O2. The molecule has 6 heteroatoms. The summed E-state index contributed by atoms with van der Waals surface area (Å²) in [7, 11) is 0. The number of urea groups is 1. The summed E-state index contributed by atoms with van der Waals surface area (Å²) in [4.78, 5) is 28.0. The molecule has 0 radical (unpaired) electrons. The average molecular weight is 324 g/mol. The van der Waals surface area contributed by atoms with Gasteiger partial charge in [-0.15, -0.1) is 0 Å². The van der Waals surface area contributed by atoms with E-state index < -0.39 is 0 Å². The van der Waals surface area contributed by atoms with Crippen LogP contribution < -0.4 is 16.0 Å². The molecule has 124 valence electrons. The Bertz CT molecular complexity index is 760. The summed E-state index contributed by atoms with van der Waals surface area (Å²) in [5, 5.41) is 8.50. The van der Waals surface area contributed by atoms with Gasteiger partial charge < -0.3 is 16.0 Å². The lowest BCUT2D eigenvalue weighted by molar-refractivity contribution is -0.116. The highest BCUT2D eigenvalue weighted by atomic mass is 16.2. The zero-order valence-electron chi connectivity index (χ0n) is 13.5. The van der Waals surface area contributed by atoms with Crippen LogP contribution in [0, 0.1) is 6.92 Å². The Labute approximate surface area is 140 Å². The number of fused-ring (bicyclic) bond motifs is 1. The first kappa shape index (κ1) is 16.0. The monoisotopic (exact) mass is 324 g/mol. The van der Waals surface area contributed by atoms with Crippen LogP contribution in [0.15, 0.2) is 42.6 Å². The first-order valence-electron chi connectivity index (χ1n) is 7.94. The predicted octanol–water partition coefficient (Wildman–Crippen LogP) is 2.32. The minimum Gasteiger partial charge on any atom is -0.338 e. The Hall–Kier alpha value is -2.89. The number of carbonyl (C=O) groups is 2. The van der Waals surface area contributed by atoms with Gasteiger partial charge in [0, 0.05) is 30.8 Å². The predicted molar refractivity (Wildman–Crippen MR) is 91.6 cm³/mol. The number of hydrogen-bond donors (Lipinski definition) is 3. The maximum atomic E-state index is 12.0.